The van der Waals surface area contributed by atoms with Crippen LogP contribution in [0.3, 0.4) is 0 Å². The Morgan fingerprint density at radius 3 is 2.25 bits per heavy atom. The van der Waals surface area contributed by atoms with Crippen LogP contribution < -0.4 is 5.32 Å². The lowest BCUT2D eigenvalue weighted by Crippen LogP contribution is -2.05. The van der Waals surface area contributed by atoms with Crippen molar-refractivity contribution >= 4 is 5.82 Å². The average molecular weight is 277 g/mol. The fourth-order valence-electron chi connectivity index (χ4n) is 2.26. The summed E-state index contributed by atoms with van der Waals surface area (Å²) < 4.78 is 0. The Morgan fingerprint density at radius 1 is 0.950 bits per heavy atom. The molecule has 3 nitrogen and oxygen atoms in total. The highest BCUT2D eigenvalue weighted by atomic mass is 15.0. The summed E-state index contributed by atoms with van der Waals surface area (Å²) in [6.45, 7) is 7.60. The van der Waals surface area contributed by atoms with Crippen molar-refractivity contribution in [3.8, 4) is 0 Å². The van der Waals surface area contributed by atoms with Gasteiger partial charge in [-0.2, -0.15) is 0 Å². The maximum absolute atomic E-state index is 4.28. The molecule has 0 bridgehead atoms. The van der Waals surface area contributed by atoms with E-state index in [9.17, 15) is 0 Å². The molecular weight excluding hydrogens is 246 g/mol. The maximum Gasteiger partial charge on any atom is 0.129 e. The van der Waals surface area contributed by atoms with Gasteiger partial charge in [0.1, 0.15) is 12.1 Å². The van der Waals surface area contributed by atoms with Gasteiger partial charge in [-0.15, -0.1) is 0 Å². The summed E-state index contributed by atoms with van der Waals surface area (Å²) in [5.74, 6) is 1.42. The van der Waals surface area contributed by atoms with Crippen LogP contribution in [0.15, 0.2) is 12.4 Å². The highest BCUT2D eigenvalue weighted by Gasteiger charge is 2.02. The van der Waals surface area contributed by atoms with Gasteiger partial charge in [-0.05, 0) is 12.3 Å². The molecule has 0 fully saturated rings. The number of hydrogen-bond acceptors (Lipinski definition) is 3. The fraction of sp³-hybridized carbons (Fsp3) is 0.765. The predicted molar refractivity (Wildman–Crippen MR) is 87.2 cm³/mol. The normalized spacial score (nSPS) is 11.0. The van der Waals surface area contributed by atoms with Crippen molar-refractivity contribution in [3.05, 3.63) is 18.1 Å². The molecule has 1 rings (SSSR count). The summed E-state index contributed by atoms with van der Waals surface area (Å²) in [5, 5.41) is 3.40. The number of rotatable bonds is 11. The molecule has 114 valence electrons. The molecule has 0 spiro atoms. The van der Waals surface area contributed by atoms with E-state index in [2.05, 4.69) is 42.1 Å². The molecule has 1 N–H and O–H groups in total. The summed E-state index contributed by atoms with van der Waals surface area (Å²) in [6.07, 6.45) is 12.5. The molecule has 1 aromatic rings. The summed E-state index contributed by atoms with van der Waals surface area (Å²) in [6, 6.07) is 2.06. The number of aromatic nitrogens is 2. The van der Waals surface area contributed by atoms with E-state index in [1.54, 1.807) is 6.33 Å². The Kier molecular flexibility index (Phi) is 9.01. The zero-order chi connectivity index (χ0) is 14.6. The minimum absolute atomic E-state index is 0.460. The first-order valence-electron chi connectivity index (χ1n) is 8.29. The minimum Gasteiger partial charge on any atom is -0.370 e. The first-order valence-corrected chi connectivity index (χ1v) is 8.29. The number of nitrogens with zero attached hydrogens (tertiary/aromatic N) is 2. The molecular formula is C17H31N3. The number of nitrogens with one attached hydrogen (secondary N) is 1. The van der Waals surface area contributed by atoms with E-state index in [1.807, 2.05) is 0 Å². The Hall–Kier alpha value is -1.12. The van der Waals surface area contributed by atoms with Crippen LogP contribution in [0.4, 0.5) is 5.82 Å². The van der Waals surface area contributed by atoms with Crippen LogP contribution in [0.1, 0.15) is 83.7 Å². The molecule has 0 amide bonds. The lowest BCUT2D eigenvalue weighted by Gasteiger charge is -2.08. The Balaban J connectivity index is 2.05. The van der Waals surface area contributed by atoms with E-state index in [0.717, 1.165) is 18.1 Å². The fourth-order valence-corrected chi connectivity index (χ4v) is 2.26. The van der Waals surface area contributed by atoms with Crippen molar-refractivity contribution < 1.29 is 0 Å². The van der Waals surface area contributed by atoms with Gasteiger partial charge < -0.3 is 5.32 Å². The molecule has 0 atom stereocenters. The maximum atomic E-state index is 4.28. The summed E-state index contributed by atoms with van der Waals surface area (Å²) in [4.78, 5) is 8.55. The molecule has 3 heteroatoms. The monoisotopic (exact) mass is 277 g/mol. The van der Waals surface area contributed by atoms with Crippen molar-refractivity contribution in [1.82, 2.24) is 9.97 Å². The van der Waals surface area contributed by atoms with Crippen LogP contribution in [-0.4, -0.2) is 16.5 Å². The van der Waals surface area contributed by atoms with E-state index >= 15 is 0 Å². The van der Waals surface area contributed by atoms with Gasteiger partial charge in [-0.25, -0.2) is 9.97 Å². The molecule has 0 aliphatic heterocycles. The Labute approximate surface area is 124 Å². The molecule has 1 aromatic heterocycles. The van der Waals surface area contributed by atoms with Gasteiger partial charge in [0.25, 0.3) is 0 Å². The summed E-state index contributed by atoms with van der Waals surface area (Å²) in [5.41, 5.74) is 1.11. The Morgan fingerprint density at radius 2 is 1.60 bits per heavy atom. The predicted octanol–water partition coefficient (Wildman–Crippen LogP) is 5.15. The molecule has 20 heavy (non-hydrogen) atoms. The number of unbranched alkanes of at least 4 members (excludes halogenated alkanes) is 7. The lowest BCUT2D eigenvalue weighted by molar-refractivity contribution is 0.581. The highest BCUT2D eigenvalue weighted by Crippen LogP contribution is 2.14. The van der Waals surface area contributed by atoms with Crippen LogP contribution in [-0.2, 0) is 0 Å². The topological polar surface area (TPSA) is 37.8 Å². The van der Waals surface area contributed by atoms with Crippen LogP contribution in [0, 0.1) is 0 Å². The minimum atomic E-state index is 0.460. The van der Waals surface area contributed by atoms with Gasteiger partial charge >= 0.3 is 0 Å². The van der Waals surface area contributed by atoms with Crippen molar-refractivity contribution in [2.45, 2.75) is 78.1 Å². The third-order valence-electron chi connectivity index (χ3n) is 3.62. The van der Waals surface area contributed by atoms with E-state index < -0.39 is 0 Å². The molecule has 0 aliphatic carbocycles. The second-order valence-electron chi connectivity index (χ2n) is 5.88. The quantitative estimate of drug-likeness (QED) is 0.568. The molecule has 0 unspecified atom stereocenters. The van der Waals surface area contributed by atoms with Crippen LogP contribution in [0.25, 0.3) is 0 Å². The van der Waals surface area contributed by atoms with Gasteiger partial charge in [-0.1, -0.05) is 65.7 Å². The van der Waals surface area contributed by atoms with Crippen LogP contribution in [0.2, 0.25) is 0 Å². The van der Waals surface area contributed by atoms with Gasteiger partial charge in [0.2, 0.25) is 0 Å². The highest BCUT2D eigenvalue weighted by molar-refractivity contribution is 5.35. The van der Waals surface area contributed by atoms with Gasteiger partial charge in [0.05, 0.1) is 0 Å². The zero-order valence-electron chi connectivity index (χ0n) is 13.5. The first kappa shape index (κ1) is 16.9. The van der Waals surface area contributed by atoms with Crippen molar-refractivity contribution in [3.63, 3.8) is 0 Å². The number of anilines is 1. The number of hydrogen-bond donors (Lipinski definition) is 1. The average Bonchev–Trinajstić information content (AvgIpc) is 2.46. The van der Waals surface area contributed by atoms with E-state index in [-0.39, 0.29) is 0 Å². The molecule has 0 saturated carbocycles. The van der Waals surface area contributed by atoms with E-state index in [4.69, 9.17) is 0 Å². The van der Waals surface area contributed by atoms with Gasteiger partial charge in [-0.3, -0.25) is 0 Å². The second-order valence-corrected chi connectivity index (χ2v) is 5.88. The molecule has 1 heterocycles. The van der Waals surface area contributed by atoms with E-state index in [0.29, 0.717) is 5.92 Å². The first-order chi connectivity index (χ1) is 9.74. The second kappa shape index (κ2) is 10.6. The van der Waals surface area contributed by atoms with Crippen LogP contribution >= 0.6 is 0 Å². The van der Waals surface area contributed by atoms with Gasteiger partial charge in [0, 0.05) is 18.3 Å². The van der Waals surface area contributed by atoms with Gasteiger partial charge in [0.15, 0.2) is 0 Å². The Bertz CT molecular complexity index is 350. The molecule has 0 aliphatic rings. The van der Waals surface area contributed by atoms with E-state index in [1.165, 1.54) is 51.4 Å². The largest absolute Gasteiger partial charge is 0.370 e. The SMILES string of the molecule is CCCCCCCCCCNc1cc(C(C)C)ncn1. The van der Waals surface area contributed by atoms with Crippen molar-refractivity contribution in [2.24, 2.45) is 0 Å². The summed E-state index contributed by atoms with van der Waals surface area (Å²) in [7, 11) is 0. The zero-order valence-corrected chi connectivity index (χ0v) is 13.5. The van der Waals surface area contributed by atoms with Crippen molar-refractivity contribution in [2.75, 3.05) is 11.9 Å². The third-order valence-corrected chi connectivity index (χ3v) is 3.62. The lowest BCUT2D eigenvalue weighted by atomic mass is 10.1. The third kappa shape index (κ3) is 7.46. The van der Waals surface area contributed by atoms with Crippen molar-refractivity contribution in [1.29, 1.82) is 0 Å². The molecule has 0 aromatic carbocycles. The summed E-state index contributed by atoms with van der Waals surface area (Å²) >= 11 is 0. The standard InChI is InChI=1S/C17H31N3/c1-4-5-6-7-8-9-10-11-12-18-17-13-16(15(2)3)19-14-20-17/h13-15H,4-12H2,1-3H3,(H,18,19,20). The van der Waals surface area contributed by atoms with Crippen LogP contribution in [0.5, 0.6) is 0 Å². The molecule has 0 saturated heterocycles. The molecule has 0 radical (unpaired) electrons. The smallest absolute Gasteiger partial charge is 0.129 e.